The highest BCUT2D eigenvalue weighted by molar-refractivity contribution is 5.80. The molecule has 0 spiro atoms. The van der Waals surface area contributed by atoms with Crippen molar-refractivity contribution in [3.63, 3.8) is 0 Å². The van der Waals surface area contributed by atoms with Gasteiger partial charge in [0.2, 0.25) is 5.91 Å². The van der Waals surface area contributed by atoms with Gasteiger partial charge < -0.3 is 5.73 Å². The zero-order valence-corrected chi connectivity index (χ0v) is 8.16. The maximum Gasteiger partial charge on any atom is 0.236 e. The first kappa shape index (κ1) is 10.7. The number of benzene rings is 1. The number of amides is 1. The molecule has 1 rings (SSSR count). The fourth-order valence-electron chi connectivity index (χ4n) is 1.25. The number of rotatable bonds is 5. The molecule has 1 unspecified atom stereocenters. The Morgan fingerprint density at radius 2 is 2.07 bits per heavy atom. The molecule has 1 aromatic carbocycles. The Labute approximate surface area is 83.5 Å². The molecule has 4 nitrogen and oxygen atoms in total. The smallest absolute Gasteiger partial charge is 0.236 e. The summed E-state index contributed by atoms with van der Waals surface area (Å²) in [5.41, 5.74) is 11.8. The Balaban J connectivity index is 2.60. The first-order valence-corrected chi connectivity index (χ1v) is 4.49. The summed E-state index contributed by atoms with van der Waals surface area (Å²) in [5, 5.41) is 0. The van der Waals surface area contributed by atoms with Gasteiger partial charge in [0.05, 0.1) is 0 Å². The van der Waals surface area contributed by atoms with Gasteiger partial charge in [0.15, 0.2) is 0 Å². The fraction of sp³-hybridized carbons (Fsp3) is 0.300. The number of nitrogens with one attached hydrogen (secondary N) is 2. The van der Waals surface area contributed by atoms with E-state index in [1.165, 1.54) is 0 Å². The second-order valence-electron chi connectivity index (χ2n) is 3.04. The maximum absolute atomic E-state index is 11.0. The molecular weight excluding hydrogens is 178 g/mol. The van der Waals surface area contributed by atoms with Crippen LogP contribution < -0.4 is 16.6 Å². The van der Waals surface area contributed by atoms with Crippen LogP contribution in [0.1, 0.15) is 5.56 Å². The lowest BCUT2D eigenvalue weighted by molar-refractivity contribution is -0.120. The molecular formula is C10H15N3O. The second kappa shape index (κ2) is 5.36. The van der Waals surface area contributed by atoms with E-state index in [9.17, 15) is 4.79 Å². The van der Waals surface area contributed by atoms with Crippen LogP contribution >= 0.6 is 0 Å². The molecule has 14 heavy (non-hydrogen) atoms. The van der Waals surface area contributed by atoms with E-state index < -0.39 is 0 Å². The van der Waals surface area contributed by atoms with Crippen molar-refractivity contribution in [1.29, 1.82) is 0 Å². The van der Waals surface area contributed by atoms with E-state index in [4.69, 9.17) is 5.73 Å². The van der Waals surface area contributed by atoms with E-state index in [2.05, 4.69) is 10.9 Å². The van der Waals surface area contributed by atoms with Crippen molar-refractivity contribution in [2.45, 2.75) is 12.5 Å². The van der Waals surface area contributed by atoms with Gasteiger partial charge in [-0.15, -0.1) is 0 Å². The number of hydrazine groups is 1. The van der Waals surface area contributed by atoms with Crippen LogP contribution in [0.2, 0.25) is 0 Å². The molecule has 4 N–H and O–H groups in total. The van der Waals surface area contributed by atoms with E-state index >= 15 is 0 Å². The van der Waals surface area contributed by atoms with Crippen LogP contribution in [-0.2, 0) is 11.2 Å². The van der Waals surface area contributed by atoms with Crippen molar-refractivity contribution >= 4 is 5.91 Å². The zero-order chi connectivity index (χ0) is 10.4. The topological polar surface area (TPSA) is 67.2 Å². The molecule has 0 aliphatic rings. The van der Waals surface area contributed by atoms with Crippen molar-refractivity contribution in [1.82, 2.24) is 10.9 Å². The lowest BCUT2D eigenvalue weighted by Gasteiger charge is -2.14. The van der Waals surface area contributed by atoms with Gasteiger partial charge in [-0.2, -0.15) is 0 Å². The molecule has 1 aromatic rings. The van der Waals surface area contributed by atoms with Crippen LogP contribution in [0.25, 0.3) is 0 Å². The number of carbonyl (C=O) groups is 1. The third-order valence-electron chi connectivity index (χ3n) is 1.94. The molecule has 0 bridgehead atoms. The van der Waals surface area contributed by atoms with E-state index in [-0.39, 0.29) is 11.9 Å². The number of nitrogens with two attached hydrogens (primary N) is 1. The van der Waals surface area contributed by atoms with Crippen LogP contribution in [0.3, 0.4) is 0 Å². The van der Waals surface area contributed by atoms with Crippen molar-refractivity contribution in [2.75, 3.05) is 7.05 Å². The Kier molecular flexibility index (Phi) is 4.10. The molecule has 0 saturated carbocycles. The van der Waals surface area contributed by atoms with E-state index in [1.807, 2.05) is 30.3 Å². The minimum absolute atomic E-state index is 0.358. The molecule has 0 aromatic heterocycles. The van der Waals surface area contributed by atoms with Gasteiger partial charge in [-0.1, -0.05) is 30.3 Å². The average Bonchev–Trinajstić information content (AvgIpc) is 2.18. The molecule has 0 aliphatic heterocycles. The van der Waals surface area contributed by atoms with Gasteiger partial charge in [-0.05, 0) is 19.0 Å². The van der Waals surface area contributed by atoms with Crippen LogP contribution in [0, 0.1) is 0 Å². The summed E-state index contributed by atoms with van der Waals surface area (Å²) in [6, 6.07) is 9.37. The Morgan fingerprint density at radius 1 is 1.43 bits per heavy atom. The molecule has 1 atom stereocenters. The Morgan fingerprint density at radius 3 is 2.57 bits per heavy atom. The summed E-state index contributed by atoms with van der Waals surface area (Å²) < 4.78 is 0. The first-order chi connectivity index (χ1) is 6.74. The van der Waals surface area contributed by atoms with Gasteiger partial charge >= 0.3 is 0 Å². The van der Waals surface area contributed by atoms with Crippen LogP contribution in [0.5, 0.6) is 0 Å². The van der Waals surface area contributed by atoms with Crippen molar-refractivity contribution < 1.29 is 4.79 Å². The van der Waals surface area contributed by atoms with Gasteiger partial charge in [0.1, 0.15) is 6.04 Å². The highest BCUT2D eigenvalue weighted by Crippen LogP contribution is 2.02. The molecule has 4 heteroatoms. The van der Waals surface area contributed by atoms with Crippen LogP contribution in [-0.4, -0.2) is 19.0 Å². The number of hydrogen-bond donors (Lipinski definition) is 3. The lowest BCUT2D eigenvalue weighted by Crippen LogP contribution is -2.48. The Hall–Kier alpha value is -1.39. The van der Waals surface area contributed by atoms with Crippen LogP contribution in [0.4, 0.5) is 0 Å². The quantitative estimate of drug-likeness (QED) is 0.568. The number of carbonyl (C=O) groups excluding carboxylic acids is 1. The first-order valence-electron chi connectivity index (χ1n) is 4.49. The standard InChI is InChI=1S/C10H15N3O/c1-12-13-9(10(11)14)7-8-5-3-2-4-6-8/h2-6,9,12-13H,7H2,1H3,(H2,11,14). The van der Waals surface area contributed by atoms with Gasteiger partial charge in [-0.25, -0.2) is 5.43 Å². The molecule has 76 valence electrons. The average molecular weight is 193 g/mol. The summed E-state index contributed by atoms with van der Waals surface area (Å²) in [6.07, 6.45) is 0.594. The van der Waals surface area contributed by atoms with Crippen molar-refractivity contribution in [3.8, 4) is 0 Å². The normalized spacial score (nSPS) is 12.4. The van der Waals surface area contributed by atoms with Crippen molar-refractivity contribution in [3.05, 3.63) is 35.9 Å². The highest BCUT2D eigenvalue weighted by Gasteiger charge is 2.13. The SMILES string of the molecule is CNNC(Cc1ccccc1)C(N)=O. The molecule has 0 heterocycles. The maximum atomic E-state index is 11.0. The minimum atomic E-state index is -0.373. The second-order valence-corrected chi connectivity index (χ2v) is 3.04. The summed E-state index contributed by atoms with van der Waals surface area (Å²) in [7, 11) is 1.71. The van der Waals surface area contributed by atoms with Gasteiger partial charge in [0.25, 0.3) is 0 Å². The molecule has 1 amide bonds. The number of hydrogen-bond acceptors (Lipinski definition) is 3. The lowest BCUT2D eigenvalue weighted by atomic mass is 10.1. The largest absolute Gasteiger partial charge is 0.368 e. The summed E-state index contributed by atoms with van der Waals surface area (Å²) in [5.74, 6) is -0.358. The third-order valence-corrected chi connectivity index (χ3v) is 1.94. The zero-order valence-electron chi connectivity index (χ0n) is 8.16. The summed E-state index contributed by atoms with van der Waals surface area (Å²) in [4.78, 5) is 11.0. The van der Waals surface area contributed by atoms with E-state index in [0.717, 1.165) is 5.56 Å². The van der Waals surface area contributed by atoms with E-state index in [1.54, 1.807) is 7.05 Å². The van der Waals surface area contributed by atoms with Crippen LogP contribution in [0.15, 0.2) is 30.3 Å². The van der Waals surface area contributed by atoms with E-state index in [0.29, 0.717) is 6.42 Å². The molecule has 0 radical (unpaired) electrons. The molecule has 0 aliphatic carbocycles. The minimum Gasteiger partial charge on any atom is -0.368 e. The molecule has 0 saturated heterocycles. The number of primary amides is 1. The predicted octanol–water partition coefficient (Wildman–Crippen LogP) is -0.193. The third kappa shape index (κ3) is 3.16. The molecule has 0 fully saturated rings. The summed E-state index contributed by atoms with van der Waals surface area (Å²) >= 11 is 0. The fourth-order valence-corrected chi connectivity index (χ4v) is 1.25. The van der Waals surface area contributed by atoms with Crippen molar-refractivity contribution in [2.24, 2.45) is 5.73 Å². The highest BCUT2D eigenvalue weighted by atomic mass is 16.1. The van der Waals surface area contributed by atoms with Gasteiger partial charge in [0, 0.05) is 0 Å². The summed E-state index contributed by atoms with van der Waals surface area (Å²) in [6.45, 7) is 0. The Bertz CT molecular complexity index is 287. The predicted molar refractivity (Wildman–Crippen MR) is 55.3 cm³/mol. The van der Waals surface area contributed by atoms with Gasteiger partial charge in [-0.3, -0.25) is 10.2 Å². The monoisotopic (exact) mass is 193 g/mol.